The molecular weight excluding hydrogens is 448 g/mol. The summed E-state index contributed by atoms with van der Waals surface area (Å²) >= 11 is 0. The third kappa shape index (κ3) is 4.23. The van der Waals surface area contributed by atoms with Crippen LogP contribution in [0.3, 0.4) is 0 Å². The third-order valence-corrected chi connectivity index (χ3v) is 6.13. The van der Waals surface area contributed by atoms with Gasteiger partial charge in [-0.1, -0.05) is 54.6 Å². The molecule has 3 heterocycles. The maximum Gasteiger partial charge on any atom is 0.251 e. The Morgan fingerprint density at radius 3 is 2.54 bits per heavy atom. The number of ether oxygens (including phenoxy) is 1. The van der Waals surface area contributed by atoms with Gasteiger partial charge in [0.05, 0.1) is 6.33 Å². The molecule has 1 fully saturated rings. The van der Waals surface area contributed by atoms with Gasteiger partial charge < -0.3 is 25.6 Å². The summed E-state index contributed by atoms with van der Waals surface area (Å²) in [5, 5.41) is 26.9. The summed E-state index contributed by atoms with van der Waals surface area (Å²) in [5.74, 6) is 0.472. The summed E-state index contributed by atoms with van der Waals surface area (Å²) in [7, 11) is 1.44. The fourth-order valence-corrected chi connectivity index (χ4v) is 4.20. The van der Waals surface area contributed by atoms with Crippen molar-refractivity contribution in [2.75, 3.05) is 12.4 Å². The van der Waals surface area contributed by atoms with E-state index < -0.39 is 30.4 Å². The fraction of sp³-hybridized carbons (Fsp3) is 0.280. The van der Waals surface area contributed by atoms with Gasteiger partial charge >= 0.3 is 0 Å². The molecule has 10 nitrogen and oxygen atoms in total. The average Bonchev–Trinajstić information content (AvgIpc) is 3.43. The van der Waals surface area contributed by atoms with Crippen molar-refractivity contribution in [2.24, 2.45) is 0 Å². The highest BCUT2D eigenvalue weighted by atomic mass is 16.6. The number of aryl methyl sites for hydroxylation is 1. The summed E-state index contributed by atoms with van der Waals surface area (Å²) in [6.07, 6.45) is -3.55. The monoisotopic (exact) mass is 474 g/mol. The van der Waals surface area contributed by atoms with E-state index in [0.29, 0.717) is 29.4 Å². The Hall–Kier alpha value is -3.86. The van der Waals surface area contributed by atoms with Gasteiger partial charge in [0, 0.05) is 19.2 Å². The Morgan fingerprint density at radius 2 is 1.80 bits per heavy atom. The van der Waals surface area contributed by atoms with E-state index in [4.69, 9.17) is 14.7 Å². The number of benzene rings is 2. The predicted molar refractivity (Wildman–Crippen MR) is 129 cm³/mol. The predicted octanol–water partition coefficient (Wildman–Crippen LogP) is 1.78. The van der Waals surface area contributed by atoms with E-state index in [-0.39, 0.29) is 0 Å². The van der Waals surface area contributed by atoms with Gasteiger partial charge in [0.15, 0.2) is 35.1 Å². The Balaban J connectivity index is 1.59. The number of anilines is 1. The molecule has 10 heteroatoms. The smallest absolute Gasteiger partial charge is 0.251 e. The molecule has 4 atom stereocenters. The zero-order valence-electron chi connectivity index (χ0n) is 19.3. The van der Waals surface area contributed by atoms with Crippen molar-refractivity contribution in [3.05, 3.63) is 72.1 Å². The van der Waals surface area contributed by atoms with Gasteiger partial charge in [-0.05, 0) is 18.1 Å². The molecule has 2 aromatic heterocycles. The molecule has 1 aliphatic heterocycles. The van der Waals surface area contributed by atoms with Crippen LogP contribution in [0.5, 0.6) is 0 Å². The van der Waals surface area contributed by atoms with Crippen LogP contribution in [0.1, 0.15) is 17.4 Å². The summed E-state index contributed by atoms with van der Waals surface area (Å²) in [5.41, 5.74) is 3.80. The molecule has 5 rings (SSSR count). The molecule has 4 N–H and O–H groups in total. The van der Waals surface area contributed by atoms with Gasteiger partial charge in [-0.2, -0.15) is 0 Å². The molecule has 180 valence electrons. The maximum atomic E-state index is 12.1. The molecule has 35 heavy (non-hydrogen) atoms. The first-order valence-corrected chi connectivity index (χ1v) is 11.3. The third-order valence-electron chi connectivity index (χ3n) is 6.13. The van der Waals surface area contributed by atoms with Crippen LogP contribution in [0.15, 0.2) is 60.9 Å². The van der Waals surface area contributed by atoms with Crippen molar-refractivity contribution in [1.82, 2.24) is 24.8 Å². The van der Waals surface area contributed by atoms with Gasteiger partial charge in [0.1, 0.15) is 12.2 Å². The van der Waals surface area contributed by atoms with E-state index in [9.17, 15) is 15.0 Å². The number of imidazole rings is 1. The number of carbonyl (C=O) groups is 1. The van der Waals surface area contributed by atoms with Crippen LogP contribution in [0, 0.1) is 6.92 Å². The SMILES string of the molecule is CNC(=O)[C@H]1O[C@@H](n2cnc3c(NCc4ccccc4)nc(-c4ccccc4C)nc32)[C@H](O)[C@@H]1O. The zero-order valence-corrected chi connectivity index (χ0v) is 19.3. The quantitative estimate of drug-likeness (QED) is 0.332. The average molecular weight is 475 g/mol. The lowest BCUT2D eigenvalue weighted by atomic mass is 10.1. The first-order valence-electron chi connectivity index (χ1n) is 11.3. The number of aliphatic hydroxyl groups excluding tert-OH is 2. The number of likely N-dealkylation sites (N-methyl/N-ethyl adjacent to an activating group) is 1. The van der Waals surface area contributed by atoms with E-state index >= 15 is 0 Å². The van der Waals surface area contributed by atoms with Crippen LogP contribution >= 0.6 is 0 Å². The van der Waals surface area contributed by atoms with Crippen molar-refractivity contribution in [1.29, 1.82) is 0 Å². The lowest BCUT2D eigenvalue weighted by molar-refractivity contribution is -0.137. The van der Waals surface area contributed by atoms with Crippen LogP contribution in [0.4, 0.5) is 5.82 Å². The van der Waals surface area contributed by atoms with Crippen LogP contribution in [0.2, 0.25) is 0 Å². The minimum atomic E-state index is -1.40. The first kappa shape index (κ1) is 22.9. The second kappa shape index (κ2) is 9.41. The fourth-order valence-electron chi connectivity index (χ4n) is 4.20. The van der Waals surface area contributed by atoms with Crippen molar-refractivity contribution in [2.45, 2.75) is 38.0 Å². The highest BCUT2D eigenvalue weighted by Gasteiger charge is 2.47. The molecule has 0 bridgehead atoms. The number of aliphatic hydroxyl groups is 2. The van der Waals surface area contributed by atoms with Crippen molar-refractivity contribution < 1.29 is 19.7 Å². The van der Waals surface area contributed by atoms with Gasteiger partial charge in [0.25, 0.3) is 5.91 Å². The van der Waals surface area contributed by atoms with Crippen molar-refractivity contribution in [3.8, 4) is 11.4 Å². The first-order chi connectivity index (χ1) is 17.0. The number of carbonyl (C=O) groups excluding carboxylic acids is 1. The number of amides is 1. The van der Waals surface area contributed by atoms with Gasteiger partial charge in [-0.15, -0.1) is 0 Å². The number of rotatable bonds is 6. The highest BCUT2D eigenvalue weighted by Crippen LogP contribution is 2.34. The molecule has 0 aliphatic carbocycles. The van der Waals surface area contributed by atoms with E-state index in [1.807, 2.05) is 61.5 Å². The summed E-state index contributed by atoms with van der Waals surface area (Å²) in [6.45, 7) is 2.50. The zero-order chi connectivity index (χ0) is 24.5. The Labute approximate surface area is 201 Å². The minimum Gasteiger partial charge on any atom is -0.387 e. The Morgan fingerprint density at radius 1 is 1.06 bits per heavy atom. The number of nitrogens with zero attached hydrogens (tertiary/aromatic N) is 4. The molecule has 1 aliphatic rings. The van der Waals surface area contributed by atoms with E-state index in [1.165, 1.54) is 17.9 Å². The lowest BCUT2D eigenvalue weighted by Gasteiger charge is -2.17. The molecule has 0 spiro atoms. The molecule has 0 unspecified atom stereocenters. The van der Waals surface area contributed by atoms with Gasteiger partial charge in [-0.3, -0.25) is 9.36 Å². The Kier molecular flexibility index (Phi) is 6.16. The van der Waals surface area contributed by atoms with Crippen molar-refractivity contribution >= 4 is 22.9 Å². The number of aromatic nitrogens is 4. The normalized spacial score (nSPS) is 21.8. The minimum absolute atomic E-state index is 0.405. The maximum absolute atomic E-state index is 12.1. The van der Waals surface area contributed by atoms with Crippen molar-refractivity contribution in [3.63, 3.8) is 0 Å². The molecule has 2 aromatic carbocycles. The molecular formula is C25H26N6O4. The number of nitrogens with one attached hydrogen (secondary N) is 2. The second-order valence-electron chi connectivity index (χ2n) is 8.42. The number of hydrogen-bond acceptors (Lipinski definition) is 8. The standard InChI is InChI=1S/C25H26N6O4/c1-14-8-6-7-11-16(14)21-29-22(27-12-15-9-4-3-5-10-15)17-23(30-21)31(13-28-17)25-19(33)18(32)20(35-25)24(34)26-2/h3-11,13,18-20,25,32-33H,12H2,1-2H3,(H,26,34)(H,27,29,30)/t18-,19+,20-,25+/m0/s1. The summed E-state index contributed by atoms with van der Waals surface area (Å²) < 4.78 is 7.29. The van der Waals surface area contributed by atoms with E-state index in [0.717, 1.165) is 16.7 Å². The molecule has 1 saturated heterocycles. The summed E-state index contributed by atoms with van der Waals surface area (Å²) in [4.78, 5) is 26.1. The highest BCUT2D eigenvalue weighted by molar-refractivity contribution is 5.86. The molecule has 1 amide bonds. The number of hydrogen-bond donors (Lipinski definition) is 4. The van der Waals surface area contributed by atoms with Crippen LogP contribution in [0.25, 0.3) is 22.6 Å². The van der Waals surface area contributed by atoms with E-state index in [2.05, 4.69) is 15.6 Å². The van der Waals surface area contributed by atoms with Crippen LogP contribution in [-0.2, 0) is 16.1 Å². The molecule has 0 radical (unpaired) electrons. The second-order valence-corrected chi connectivity index (χ2v) is 8.42. The van der Waals surface area contributed by atoms with Crippen LogP contribution in [-0.4, -0.2) is 61.0 Å². The molecule has 0 saturated carbocycles. The summed E-state index contributed by atoms with van der Waals surface area (Å²) in [6, 6.07) is 17.7. The topological polar surface area (TPSA) is 134 Å². The van der Waals surface area contributed by atoms with Gasteiger partial charge in [-0.25, -0.2) is 15.0 Å². The van der Waals surface area contributed by atoms with Gasteiger partial charge in [0.2, 0.25) is 0 Å². The van der Waals surface area contributed by atoms with E-state index in [1.54, 1.807) is 0 Å². The number of fused-ring (bicyclic) bond motifs is 1. The Bertz CT molecular complexity index is 1360. The lowest BCUT2D eigenvalue weighted by Crippen LogP contribution is -2.41. The van der Waals surface area contributed by atoms with Crippen LogP contribution < -0.4 is 10.6 Å². The molecule has 4 aromatic rings. The largest absolute Gasteiger partial charge is 0.387 e.